The first-order valence-electron chi connectivity index (χ1n) is 14.8. The number of hydrogen-bond donors (Lipinski definition) is 3. The topological polar surface area (TPSA) is 128 Å². The monoisotopic (exact) mass is 630 g/mol. The fourth-order valence-corrected chi connectivity index (χ4v) is 6.49. The second kappa shape index (κ2) is 13.6. The number of aliphatic hydroxyl groups excluding tert-OH is 1. The maximum Gasteiger partial charge on any atom is 0.321 e. The minimum Gasteiger partial charge on any atom is -0.488 e. The summed E-state index contributed by atoms with van der Waals surface area (Å²) in [6, 6.07) is 25.6. The highest BCUT2D eigenvalue weighted by atomic mass is 32.2. The number of anilines is 2. The van der Waals surface area contributed by atoms with Gasteiger partial charge in [-0.3, -0.25) is 9.52 Å². The van der Waals surface area contributed by atoms with Crippen LogP contribution in [0.4, 0.5) is 16.2 Å². The molecule has 5 rings (SSSR count). The summed E-state index contributed by atoms with van der Waals surface area (Å²) in [5.41, 5.74) is 1.47. The van der Waals surface area contributed by atoms with Gasteiger partial charge in [-0.1, -0.05) is 61.5 Å². The van der Waals surface area contributed by atoms with E-state index in [0.29, 0.717) is 23.5 Å². The SMILES string of the molecule is C[C@@H]1CN([C@@H](C)CO)C(=O)Cc2cc(NS(=O)(=O)c3ccccc3)ccc2O[C@H]1CN(C)C(=O)Nc1cccc2ccccc12. The number of carbonyl (C=O) groups is 2. The largest absolute Gasteiger partial charge is 0.488 e. The molecule has 4 aromatic carbocycles. The van der Waals surface area contributed by atoms with Crippen molar-refractivity contribution in [1.29, 1.82) is 0 Å². The molecule has 1 heterocycles. The first-order valence-corrected chi connectivity index (χ1v) is 16.3. The van der Waals surface area contributed by atoms with Gasteiger partial charge in [0.1, 0.15) is 11.9 Å². The number of urea groups is 1. The molecule has 3 amide bonds. The van der Waals surface area contributed by atoms with Crippen LogP contribution in [0.3, 0.4) is 0 Å². The van der Waals surface area contributed by atoms with Crippen LogP contribution < -0.4 is 14.8 Å². The predicted molar refractivity (Wildman–Crippen MR) is 175 cm³/mol. The molecule has 0 aromatic heterocycles. The Bertz CT molecular complexity index is 1780. The molecule has 0 saturated heterocycles. The van der Waals surface area contributed by atoms with Crippen LogP contribution in [-0.2, 0) is 21.2 Å². The lowest BCUT2D eigenvalue weighted by Gasteiger charge is -2.34. The average molecular weight is 631 g/mol. The summed E-state index contributed by atoms with van der Waals surface area (Å²) in [4.78, 5) is 30.2. The molecule has 0 spiro atoms. The van der Waals surface area contributed by atoms with Crippen LogP contribution in [0.25, 0.3) is 10.8 Å². The van der Waals surface area contributed by atoms with Gasteiger partial charge in [-0.25, -0.2) is 13.2 Å². The van der Waals surface area contributed by atoms with E-state index in [2.05, 4.69) is 10.0 Å². The second-order valence-corrected chi connectivity index (χ2v) is 13.1. The van der Waals surface area contributed by atoms with E-state index >= 15 is 0 Å². The number of amides is 3. The Morgan fingerprint density at radius 2 is 1.76 bits per heavy atom. The Hall–Kier alpha value is -4.61. The molecular formula is C34H38N4O6S. The van der Waals surface area contributed by atoms with Gasteiger partial charge in [0.2, 0.25) is 5.91 Å². The zero-order valence-electron chi connectivity index (χ0n) is 25.5. The third-order valence-electron chi connectivity index (χ3n) is 8.05. The number of ether oxygens (including phenoxy) is 1. The molecule has 11 heteroatoms. The maximum absolute atomic E-state index is 13.5. The number of carbonyl (C=O) groups excluding carboxylic acids is 2. The van der Waals surface area contributed by atoms with Gasteiger partial charge in [0.25, 0.3) is 10.0 Å². The number of hydrogen-bond acceptors (Lipinski definition) is 6. The van der Waals surface area contributed by atoms with E-state index in [4.69, 9.17) is 4.74 Å². The van der Waals surface area contributed by atoms with Crippen LogP contribution >= 0.6 is 0 Å². The lowest BCUT2D eigenvalue weighted by Crippen LogP contribution is -2.48. The molecule has 0 radical (unpaired) electrons. The van der Waals surface area contributed by atoms with Crippen molar-refractivity contribution < 1.29 is 27.9 Å². The number of fused-ring (bicyclic) bond motifs is 2. The Morgan fingerprint density at radius 3 is 2.51 bits per heavy atom. The standard InChI is InChI=1S/C34H38N4O6S/c1-23-20-38(24(2)22-39)33(40)19-26-18-27(36-45(42,43)28-12-5-4-6-13-28)16-17-31(26)44-32(23)21-37(3)34(41)35-30-15-9-11-25-10-7-8-14-29(25)30/h4-18,23-24,32,36,39H,19-22H2,1-3H3,(H,35,41)/t23-,24+,32+/m1/s1. The van der Waals surface area contributed by atoms with Crippen molar-refractivity contribution in [3.8, 4) is 5.75 Å². The molecule has 0 aliphatic carbocycles. The summed E-state index contributed by atoms with van der Waals surface area (Å²) in [6.07, 6.45) is -0.588. The van der Waals surface area contributed by atoms with Crippen molar-refractivity contribution >= 4 is 44.1 Å². The van der Waals surface area contributed by atoms with Crippen LogP contribution in [-0.4, -0.2) is 74.2 Å². The maximum atomic E-state index is 13.5. The lowest BCUT2D eigenvalue weighted by molar-refractivity contribution is -0.134. The number of aliphatic hydroxyl groups is 1. The molecular weight excluding hydrogens is 592 g/mol. The third kappa shape index (κ3) is 7.38. The van der Waals surface area contributed by atoms with E-state index in [0.717, 1.165) is 10.8 Å². The molecule has 45 heavy (non-hydrogen) atoms. The zero-order valence-corrected chi connectivity index (χ0v) is 26.3. The lowest BCUT2D eigenvalue weighted by atomic mass is 10.0. The highest BCUT2D eigenvalue weighted by Crippen LogP contribution is 2.30. The summed E-state index contributed by atoms with van der Waals surface area (Å²) < 4.78 is 35.1. The Labute approximate surface area is 263 Å². The molecule has 0 saturated carbocycles. The summed E-state index contributed by atoms with van der Waals surface area (Å²) in [5, 5.41) is 14.9. The van der Waals surface area contributed by atoms with Crippen molar-refractivity contribution in [2.75, 3.05) is 36.8 Å². The number of sulfonamides is 1. The highest BCUT2D eigenvalue weighted by molar-refractivity contribution is 7.92. The molecule has 236 valence electrons. The fraction of sp³-hybridized carbons (Fsp3) is 0.294. The van der Waals surface area contributed by atoms with Gasteiger partial charge in [0.05, 0.1) is 36.2 Å². The summed E-state index contributed by atoms with van der Waals surface area (Å²) in [5.74, 6) is -0.0267. The van der Waals surface area contributed by atoms with Crippen molar-refractivity contribution in [1.82, 2.24) is 9.80 Å². The van der Waals surface area contributed by atoms with Crippen LogP contribution in [0.1, 0.15) is 19.4 Å². The van der Waals surface area contributed by atoms with E-state index < -0.39 is 22.2 Å². The van der Waals surface area contributed by atoms with Gasteiger partial charge in [0, 0.05) is 36.1 Å². The molecule has 4 aromatic rings. The smallest absolute Gasteiger partial charge is 0.321 e. The Morgan fingerprint density at radius 1 is 1.04 bits per heavy atom. The fourth-order valence-electron chi connectivity index (χ4n) is 5.42. The van der Waals surface area contributed by atoms with Crippen LogP contribution in [0.5, 0.6) is 5.75 Å². The summed E-state index contributed by atoms with van der Waals surface area (Å²) in [7, 11) is -2.17. The molecule has 0 unspecified atom stereocenters. The number of benzene rings is 4. The van der Waals surface area contributed by atoms with Crippen molar-refractivity contribution in [3.05, 3.63) is 96.6 Å². The number of likely N-dealkylation sites (N-methyl/N-ethyl adjacent to an activating group) is 1. The van der Waals surface area contributed by atoms with E-state index in [1.807, 2.05) is 49.4 Å². The van der Waals surface area contributed by atoms with E-state index in [-0.39, 0.29) is 48.0 Å². The van der Waals surface area contributed by atoms with Crippen LogP contribution in [0.2, 0.25) is 0 Å². The Balaban J connectivity index is 1.41. The van der Waals surface area contributed by atoms with Crippen LogP contribution in [0.15, 0.2) is 95.9 Å². The second-order valence-electron chi connectivity index (χ2n) is 11.5. The average Bonchev–Trinajstić information content (AvgIpc) is 3.08. The quantitative estimate of drug-likeness (QED) is 0.253. The molecule has 0 fully saturated rings. The highest BCUT2D eigenvalue weighted by Gasteiger charge is 2.32. The van der Waals surface area contributed by atoms with Gasteiger partial charge in [-0.05, 0) is 48.7 Å². The first kappa shape index (κ1) is 31.8. The third-order valence-corrected chi connectivity index (χ3v) is 9.45. The Kier molecular flexibility index (Phi) is 9.60. The number of nitrogens with one attached hydrogen (secondary N) is 2. The molecule has 3 N–H and O–H groups in total. The van der Waals surface area contributed by atoms with Gasteiger partial charge >= 0.3 is 6.03 Å². The number of rotatable bonds is 8. The normalized spacial score (nSPS) is 17.7. The van der Waals surface area contributed by atoms with Crippen molar-refractivity contribution in [2.24, 2.45) is 5.92 Å². The van der Waals surface area contributed by atoms with Gasteiger partial charge in [-0.15, -0.1) is 0 Å². The van der Waals surface area contributed by atoms with E-state index in [9.17, 15) is 23.1 Å². The van der Waals surface area contributed by atoms with Crippen molar-refractivity contribution in [3.63, 3.8) is 0 Å². The molecule has 0 bridgehead atoms. The minimum atomic E-state index is -3.86. The van der Waals surface area contributed by atoms with E-state index in [1.165, 1.54) is 12.1 Å². The number of nitrogens with zero attached hydrogens (tertiary/aromatic N) is 2. The molecule has 10 nitrogen and oxygen atoms in total. The molecule has 3 atom stereocenters. The zero-order chi connectivity index (χ0) is 32.1. The first-order chi connectivity index (χ1) is 21.6. The minimum absolute atomic E-state index is 0.0581. The van der Waals surface area contributed by atoms with E-state index in [1.54, 1.807) is 60.2 Å². The van der Waals surface area contributed by atoms with Gasteiger partial charge in [0.15, 0.2) is 0 Å². The van der Waals surface area contributed by atoms with Gasteiger partial charge < -0.3 is 25.0 Å². The molecule has 1 aliphatic rings. The van der Waals surface area contributed by atoms with Gasteiger partial charge in [-0.2, -0.15) is 0 Å². The van der Waals surface area contributed by atoms with Crippen LogP contribution in [0, 0.1) is 5.92 Å². The summed E-state index contributed by atoms with van der Waals surface area (Å²) >= 11 is 0. The summed E-state index contributed by atoms with van der Waals surface area (Å²) in [6.45, 7) is 3.99. The predicted octanol–water partition coefficient (Wildman–Crippen LogP) is 4.95. The van der Waals surface area contributed by atoms with Crippen molar-refractivity contribution in [2.45, 2.75) is 37.3 Å². The molecule has 1 aliphatic heterocycles.